The van der Waals surface area contributed by atoms with Crippen LogP contribution in [0.3, 0.4) is 0 Å². The Balaban J connectivity index is 0.00000256. The van der Waals surface area contributed by atoms with Crippen molar-refractivity contribution in [2.45, 2.75) is 6.18 Å². The summed E-state index contributed by atoms with van der Waals surface area (Å²) in [6.45, 7) is 0. The Morgan fingerprint density at radius 3 is 2.29 bits per heavy atom. The Bertz CT molecular complexity index is 508. The van der Waals surface area contributed by atoms with Crippen molar-refractivity contribution in [2.75, 3.05) is 0 Å². The summed E-state index contributed by atoms with van der Waals surface area (Å²) >= 11 is 0. The molecule has 0 bridgehead atoms. The van der Waals surface area contributed by atoms with Gasteiger partial charge in [-0.2, -0.15) is 13.2 Å². The van der Waals surface area contributed by atoms with Crippen molar-refractivity contribution in [1.82, 2.24) is 0 Å². The molecule has 0 fully saturated rings. The zero-order valence-corrected chi connectivity index (χ0v) is 12.7. The predicted molar refractivity (Wildman–Crippen MR) is 50.2 cm³/mol. The van der Waals surface area contributed by atoms with Gasteiger partial charge in [0.05, 0.1) is 5.56 Å². The standard InChI is InChI=1S/C9H7F3O3S.K/c10-9(11,12)8-3-1-2-7(6-8)4-5-16(13,14)15;/h1-6H,(H,13,14,15);/q;+1/p-1/b5-4+;. The van der Waals surface area contributed by atoms with E-state index in [-0.39, 0.29) is 56.9 Å². The van der Waals surface area contributed by atoms with Crippen LogP contribution in [-0.4, -0.2) is 13.0 Å². The molecular formula is C9H6F3KO3S. The molecule has 8 heteroatoms. The molecule has 0 spiro atoms. The molecule has 0 aromatic heterocycles. The van der Waals surface area contributed by atoms with Crippen LogP contribution in [0, 0.1) is 0 Å². The van der Waals surface area contributed by atoms with E-state index in [1.165, 1.54) is 6.07 Å². The van der Waals surface area contributed by atoms with Crippen LogP contribution in [-0.2, 0) is 16.3 Å². The molecule has 0 radical (unpaired) electrons. The summed E-state index contributed by atoms with van der Waals surface area (Å²) in [5.41, 5.74) is -0.910. The molecule has 1 aromatic carbocycles. The molecule has 0 saturated carbocycles. The molecular weight excluding hydrogens is 284 g/mol. The van der Waals surface area contributed by atoms with Gasteiger partial charge in [-0.05, 0) is 23.8 Å². The smallest absolute Gasteiger partial charge is 0.744 e. The summed E-state index contributed by atoms with van der Waals surface area (Å²) in [5.74, 6) is 0. The van der Waals surface area contributed by atoms with E-state index in [1.807, 2.05) is 0 Å². The Kier molecular flexibility index (Phi) is 6.57. The molecule has 1 rings (SSSR count). The average Bonchev–Trinajstić information content (AvgIpc) is 2.13. The van der Waals surface area contributed by atoms with Gasteiger partial charge in [-0.1, -0.05) is 12.1 Å². The fourth-order valence-electron chi connectivity index (χ4n) is 0.981. The Hall–Kier alpha value is 0.296. The average molecular weight is 290 g/mol. The van der Waals surface area contributed by atoms with Crippen LogP contribution in [0.1, 0.15) is 11.1 Å². The third-order valence-electron chi connectivity index (χ3n) is 1.64. The van der Waals surface area contributed by atoms with Gasteiger partial charge in [0.15, 0.2) is 0 Å². The largest absolute Gasteiger partial charge is 1.00 e. The summed E-state index contributed by atoms with van der Waals surface area (Å²) < 4.78 is 67.4. The number of rotatable bonds is 2. The molecule has 0 unspecified atom stereocenters. The summed E-state index contributed by atoms with van der Waals surface area (Å²) in [4.78, 5) is 0. The molecule has 0 N–H and O–H groups in total. The van der Waals surface area contributed by atoms with E-state index < -0.39 is 21.9 Å². The van der Waals surface area contributed by atoms with Crippen LogP contribution in [0.5, 0.6) is 0 Å². The Morgan fingerprint density at radius 1 is 1.24 bits per heavy atom. The number of hydrogen-bond acceptors (Lipinski definition) is 3. The molecule has 88 valence electrons. The minimum atomic E-state index is -4.58. The summed E-state index contributed by atoms with van der Waals surface area (Å²) in [6.07, 6.45) is -3.68. The molecule has 0 amide bonds. The quantitative estimate of drug-likeness (QED) is 0.531. The van der Waals surface area contributed by atoms with E-state index in [4.69, 9.17) is 0 Å². The fraction of sp³-hybridized carbons (Fsp3) is 0.111. The van der Waals surface area contributed by atoms with Gasteiger partial charge in [0, 0.05) is 5.41 Å². The van der Waals surface area contributed by atoms with Crippen LogP contribution in [0.4, 0.5) is 13.2 Å². The number of alkyl halides is 3. The molecule has 0 aliphatic rings. The van der Waals surface area contributed by atoms with Crippen molar-refractivity contribution in [3.63, 3.8) is 0 Å². The van der Waals surface area contributed by atoms with Crippen LogP contribution in [0.25, 0.3) is 6.08 Å². The van der Waals surface area contributed by atoms with Gasteiger partial charge in [-0.3, -0.25) is 0 Å². The zero-order valence-electron chi connectivity index (χ0n) is 8.73. The van der Waals surface area contributed by atoms with Crippen molar-refractivity contribution < 1.29 is 77.5 Å². The molecule has 3 nitrogen and oxygen atoms in total. The number of hydrogen-bond donors (Lipinski definition) is 0. The maximum atomic E-state index is 12.2. The maximum Gasteiger partial charge on any atom is 1.00 e. The first-order valence-electron chi connectivity index (χ1n) is 4.00. The van der Waals surface area contributed by atoms with Crippen LogP contribution >= 0.6 is 0 Å². The molecule has 0 heterocycles. The normalized spacial score (nSPS) is 12.5. The van der Waals surface area contributed by atoms with Crippen molar-refractivity contribution in [3.05, 3.63) is 40.8 Å². The second kappa shape index (κ2) is 6.46. The SMILES string of the molecule is O=S(=O)([O-])/C=C/c1cccc(C(F)(F)F)c1.[K+]. The summed E-state index contributed by atoms with van der Waals surface area (Å²) in [7, 11) is -4.58. The molecule has 0 atom stereocenters. The Labute approximate surface area is 139 Å². The van der Waals surface area contributed by atoms with Gasteiger partial charge < -0.3 is 4.55 Å². The maximum absolute atomic E-state index is 12.2. The molecule has 17 heavy (non-hydrogen) atoms. The van der Waals surface area contributed by atoms with Crippen LogP contribution in [0.15, 0.2) is 29.7 Å². The monoisotopic (exact) mass is 290 g/mol. The third-order valence-corrected chi connectivity index (χ3v) is 2.11. The number of benzene rings is 1. The number of halogens is 3. The van der Waals surface area contributed by atoms with Crippen molar-refractivity contribution in [3.8, 4) is 0 Å². The minimum absolute atomic E-state index is 0. The van der Waals surface area contributed by atoms with Gasteiger partial charge in [0.1, 0.15) is 10.1 Å². The second-order valence-corrected chi connectivity index (χ2v) is 4.18. The Morgan fingerprint density at radius 2 is 1.82 bits per heavy atom. The molecule has 1 aromatic rings. The van der Waals surface area contributed by atoms with E-state index in [9.17, 15) is 26.1 Å². The van der Waals surface area contributed by atoms with E-state index in [2.05, 4.69) is 0 Å². The van der Waals surface area contributed by atoms with Crippen LogP contribution in [0.2, 0.25) is 0 Å². The van der Waals surface area contributed by atoms with Crippen molar-refractivity contribution in [2.24, 2.45) is 0 Å². The zero-order chi connectivity index (χ0) is 12.4. The fourth-order valence-corrected chi connectivity index (χ4v) is 1.30. The molecule has 0 saturated heterocycles. The first kappa shape index (κ1) is 17.3. The summed E-state index contributed by atoms with van der Waals surface area (Å²) in [5, 5.41) is 0.308. The minimum Gasteiger partial charge on any atom is -0.744 e. The molecule has 0 aliphatic carbocycles. The first-order chi connectivity index (χ1) is 7.18. The van der Waals surface area contributed by atoms with Gasteiger partial charge >= 0.3 is 57.6 Å². The van der Waals surface area contributed by atoms with Gasteiger partial charge in [0.2, 0.25) is 0 Å². The van der Waals surface area contributed by atoms with Crippen LogP contribution < -0.4 is 51.4 Å². The first-order valence-corrected chi connectivity index (χ1v) is 5.47. The van der Waals surface area contributed by atoms with E-state index in [0.29, 0.717) is 5.41 Å². The second-order valence-electron chi connectivity index (χ2n) is 2.92. The topological polar surface area (TPSA) is 57.2 Å². The van der Waals surface area contributed by atoms with Gasteiger partial charge in [-0.15, -0.1) is 0 Å². The van der Waals surface area contributed by atoms with E-state index in [1.54, 1.807) is 0 Å². The summed E-state index contributed by atoms with van der Waals surface area (Å²) in [6, 6.07) is 3.99. The third kappa shape index (κ3) is 6.70. The molecule has 0 aliphatic heterocycles. The van der Waals surface area contributed by atoms with Gasteiger partial charge in [0.25, 0.3) is 0 Å². The van der Waals surface area contributed by atoms with Gasteiger partial charge in [-0.25, -0.2) is 8.42 Å². The van der Waals surface area contributed by atoms with Crippen molar-refractivity contribution in [1.29, 1.82) is 0 Å². The van der Waals surface area contributed by atoms with Crippen molar-refractivity contribution >= 4 is 16.2 Å². The van der Waals surface area contributed by atoms with E-state index in [0.717, 1.165) is 24.3 Å². The predicted octanol–water partition coefficient (Wildman–Crippen LogP) is -0.775. The van der Waals surface area contributed by atoms with E-state index >= 15 is 0 Å².